The van der Waals surface area contributed by atoms with Crippen molar-refractivity contribution in [3.8, 4) is 0 Å². The molecule has 0 aliphatic heterocycles. The van der Waals surface area contributed by atoms with Gasteiger partial charge in [-0.05, 0) is 83.5 Å². The predicted molar refractivity (Wildman–Crippen MR) is 298 cm³/mol. The molecule has 0 bridgehead atoms. The van der Waals surface area contributed by atoms with Crippen molar-refractivity contribution in [3.05, 3.63) is 85.1 Å². The maximum atomic E-state index is 12.9. The van der Waals surface area contributed by atoms with Gasteiger partial charge in [0.15, 0.2) is 6.10 Å². The lowest BCUT2D eigenvalue weighted by molar-refractivity contribution is -0.161. The highest BCUT2D eigenvalue weighted by Crippen LogP contribution is 2.43. The van der Waals surface area contributed by atoms with Gasteiger partial charge in [-0.2, -0.15) is 0 Å². The zero-order chi connectivity index (χ0) is 52.7. The number of carbonyl (C=O) groups excluding carboxylic acids is 3. The Hall–Kier alpha value is -3.34. The van der Waals surface area contributed by atoms with Crippen LogP contribution in [0.25, 0.3) is 0 Å². The minimum Gasteiger partial charge on any atom is -0.462 e. The molecule has 0 amide bonds. The van der Waals surface area contributed by atoms with Crippen LogP contribution in [0.1, 0.15) is 239 Å². The molecule has 0 aromatic rings. The van der Waals surface area contributed by atoms with E-state index in [0.29, 0.717) is 25.7 Å². The van der Waals surface area contributed by atoms with Gasteiger partial charge in [0.1, 0.15) is 12.7 Å². The summed E-state index contributed by atoms with van der Waals surface area (Å²) in [6, 6.07) is 0. The highest BCUT2D eigenvalue weighted by atomic mass is 31.2. The molecule has 11 nitrogen and oxygen atoms in total. The third-order valence-electron chi connectivity index (χ3n) is 11.8. The average molecular weight is 1030 g/mol. The number of hydrogen-bond donors (Lipinski definition) is 2. The first kappa shape index (κ1) is 68.7. The summed E-state index contributed by atoms with van der Waals surface area (Å²) in [6.45, 7) is 4.39. The van der Waals surface area contributed by atoms with E-state index in [4.69, 9.17) is 23.3 Å². The second-order valence-corrected chi connectivity index (χ2v) is 20.2. The molecule has 0 heterocycles. The normalized spacial score (nSPS) is 14.0. The van der Waals surface area contributed by atoms with Crippen molar-refractivity contribution in [2.75, 3.05) is 26.4 Å². The Bertz CT molecular complexity index is 1530. The first-order valence-electron chi connectivity index (χ1n) is 28.5. The molecule has 0 spiro atoms. The van der Waals surface area contributed by atoms with Gasteiger partial charge in [0.05, 0.1) is 19.8 Å². The molecule has 72 heavy (non-hydrogen) atoms. The number of hydrogen-bond acceptors (Lipinski definition) is 10. The van der Waals surface area contributed by atoms with E-state index in [2.05, 4.69) is 93.7 Å². The lowest BCUT2D eigenvalue weighted by Gasteiger charge is -2.21. The van der Waals surface area contributed by atoms with Gasteiger partial charge in [0, 0.05) is 19.3 Å². The van der Waals surface area contributed by atoms with Crippen molar-refractivity contribution in [2.45, 2.75) is 251 Å². The van der Waals surface area contributed by atoms with Gasteiger partial charge in [0.2, 0.25) is 0 Å². The number of carbonyl (C=O) groups is 3. The lowest BCUT2D eigenvalue weighted by atomic mass is 10.0. The summed E-state index contributed by atoms with van der Waals surface area (Å²) in [5.74, 6) is -1.55. The molecule has 0 saturated carbocycles. The van der Waals surface area contributed by atoms with Gasteiger partial charge in [0.25, 0.3) is 0 Å². The molecule has 12 heteroatoms. The first-order valence-corrected chi connectivity index (χ1v) is 30.0. The lowest BCUT2D eigenvalue weighted by Crippen LogP contribution is -2.30. The van der Waals surface area contributed by atoms with Gasteiger partial charge in [-0.15, -0.1) is 0 Å². The van der Waals surface area contributed by atoms with Crippen LogP contribution < -0.4 is 0 Å². The third kappa shape index (κ3) is 51.6. The van der Waals surface area contributed by atoms with E-state index in [9.17, 15) is 28.9 Å². The Morgan fingerprint density at radius 2 is 0.764 bits per heavy atom. The number of phosphoric ester groups is 1. The van der Waals surface area contributed by atoms with Crippen LogP contribution >= 0.6 is 7.82 Å². The number of aliphatic hydroxyl groups is 1. The Morgan fingerprint density at radius 3 is 1.22 bits per heavy atom. The fourth-order valence-electron chi connectivity index (χ4n) is 7.49. The monoisotopic (exact) mass is 1030 g/mol. The van der Waals surface area contributed by atoms with Crippen LogP contribution in [0.15, 0.2) is 85.1 Å². The highest BCUT2D eigenvalue weighted by molar-refractivity contribution is 7.47. The zero-order valence-electron chi connectivity index (χ0n) is 45.6. The number of aliphatic hydroxyl groups excluding tert-OH is 1. The molecule has 414 valence electrons. The van der Waals surface area contributed by atoms with Crippen molar-refractivity contribution >= 4 is 25.7 Å². The molecule has 0 fully saturated rings. The van der Waals surface area contributed by atoms with Crippen LogP contribution in [0.4, 0.5) is 0 Å². The summed E-state index contributed by atoms with van der Waals surface area (Å²) in [7, 11) is -4.77. The Labute approximate surface area is 439 Å². The molecule has 0 aromatic heterocycles. The van der Waals surface area contributed by atoms with Crippen molar-refractivity contribution in [1.82, 2.24) is 0 Å². The minimum atomic E-state index is -4.77. The summed E-state index contributed by atoms with van der Waals surface area (Å²) in [4.78, 5) is 48.5. The topological polar surface area (TPSA) is 155 Å². The number of rotatable bonds is 52. The SMILES string of the molecule is CC/C=C\C/C=C\C/C=C\C/C=C\C/C=C\CCCC(=O)OC(COC(=O)CCCCCCC/C=C\C/C=C\CCC)COP(=O)(O)OCC(CO)OC(=O)CCCCCCCCCCCCCCCCC. The van der Waals surface area contributed by atoms with Crippen LogP contribution in [0, 0.1) is 0 Å². The number of esters is 3. The molecular formula is C60H103O11P. The Balaban J connectivity index is 4.80. The van der Waals surface area contributed by atoms with E-state index in [1.165, 1.54) is 70.6 Å². The second-order valence-electron chi connectivity index (χ2n) is 18.7. The maximum Gasteiger partial charge on any atom is 0.472 e. The van der Waals surface area contributed by atoms with Gasteiger partial charge in [-0.25, -0.2) is 4.57 Å². The maximum absolute atomic E-state index is 12.9. The van der Waals surface area contributed by atoms with E-state index in [0.717, 1.165) is 103 Å². The van der Waals surface area contributed by atoms with E-state index in [1.807, 2.05) is 12.2 Å². The highest BCUT2D eigenvalue weighted by Gasteiger charge is 2.28. The van der Waals surface area contributed by atoms with Crippen molar-refractivity contribution < 1.29 is 52.2 Å². The molecule has 0 aliphatic carbocycles. The number of unbranched alkanes of at least 4 members (excludes halogenated alkanes) is 21. The molecular weight excluding hydrogens is 928 g/mol. The average Bonchev–Trinajstić information content (AvgIpc) is 3.37. The molecule has 0 saturated heterocycles. The third-order valence-corrected chi connectivity index (χ3v) is 12.7. The Morgan fingerprint density at radius 1 is 0.403 bits per heavy atom. The second kappa shape index (κ2) is 53.9. The molecule has 0 aromatic carbocycles. The van der Waals surface area contributed by atoms with Crippen LogP contribution in [-0.4, -0.2) is 66.5 Å². The van der Waals surface area contributed by atoms with Crippen LogP contribution in [0.3, 0.4) is 0 Å². The zero-order valence-corrected chi connectivity index (χ0v) is 46.5. The number of allylic oxidation sites excluding steroid dienone is 14. The van der Waals surface area contributed by atoms with E-state index in [-0.39, 0.29) is 25.9 Å². The van der Waals surface area contributed by atoms with Crippen molar-refractivity contribution in [1.29, 1.82) is 0 Å². The smallest absolute Gasteiger partial charge is 0.462 e. The van der Waals surface area contributed by atoms with Crippen LogP contribution in [0.2, 0.25) is 0 Å². The summed E-state index contributed by atoms with van der Waals surface area (Å²) < 4.78 is 39.4. The fourth-order valence-corrected chi connectivity index (χ4v) is 8.27. The summed E-state index contributed by atoms with van der Waals surface area (Å²) in [5, 5.41) is 9.81. The van der Waals surface area contributed by atoms with Crippen molar-refractivity contribution in [2.24, 2.45) is 0 Å². The molecule has 2 N–H and O–H groups in total. The quantitative estimate of drug-likeness (QED) is 0.0197. The van der Waals surface area contributed by atoms with E-state index in [1.54, 1.807) is 0 Å². The van der Waals surface area contributed by atoms with Crippen LogP contribution in [0.5, 0.6) is 0 Å². The minimum absolute atomic E-state index is 0.0841. The molecule has 0 rings (SSSR count). The first-order chi connectivity index (χ1) is 35.2. The van der Waals surface area contributed by atoms with Crippen molar-refractivity contribution in [3.63, 3.8) is 0 Å². The van der Waals surface area contributed by atoms with E-state index < -0.39 is 57.8 Å². The molecule has 0 radical (unpaired) electrons. The Kier molecular flexibility index (Phi) is 51.4. The van der Waals surface area contributed by atoms with Gasteiger partial charge < -0.3 is 24.2 Å². The predicted octanol–water partition coefficient (Wildman–Crippen LogP) is 16.7. The molecule has 3 atom stereocenters. The largest absolute Gasteiger partial charge is 0.472 e. The number of phosphoric acid groups is 1. The molecule has 3 unspecified atom stereocenters. The fraction of sp³-hybridized carbons (Fsp3) is 0.717. The van der Waals surface area contributed by atoms with E-state index >= 15 is 0 Å². The molecule has 0 aliphatic rings. The summed E-state index contributed by atoms with van der Waals surface area (Å²) in [5.41, 5.74) is 0. The number of ether oxygens (including phenoxy) is 3. The van der Waals surface area contributed by atoms with Gasteiger partial charge in [-0.3, -0.25) is 23.4 Å². The van der Waals surface area contributed by atoms with Gasteiger partial charge >= 0.3 is 25.7 Å². The summed E-state index contributed by atoms with van der Waals surface area (Å²) in [6.07, 6.45) is 61.2. The van der Waals surface area contributed by atoms with Gasteiger partial charge in [-0.1, -0.05) is 221 Å². The van der Waals surface area contributed by atoms with Crippen LogP contribution in [-0.2, 0) is 42.2 Å². The standard InChI is InChI=1S/C60H103O11P/c1-4-7-10-13-16-19-22-25-27-28-30-33-36-39-42-45-48-51-60(64)71-57(53-67-58(62)49-46-43-40-37-34-31-24-21-18-15-12-9-6-3)55-69-72(65,66)68-54-56(52-61)70-59(63)50-47-44-41-38-35-32-29-26-23-20-17-14-11-8-5-2/h7,10,12,15-16,19,21,24-25,27,30,33,39,42,56-57,61H,4-6,8-9,11,13-14,17-18,20,22-23,26,28-29,31-32,34-38,40-41,43-55H2,1-3H3,(H,65,66)/b10-7-,15-12-,19-16-,24-21-,27-25-,33-30-,42-39-. The summed E-state index contributed by atoms with van der Waals surface area (Å²) >= 11 is 0.